The number of aromatic nitrogens is 1. The molecule has 2 amide bonds. The molecule has 5 nitrogen and oxygen atoms in total. The van der Waals surface area contributed by atoms with E-state index in [1.54, 1.807) is 11.3 Å². The van der Waals surface area contributed by atoms with Gasteiger partial charge in [0.05, 0.1) is 16.0 Å². The lowest BCUT2D eigenvalue weighted by molar-refractivity contribution is -0.120. The van der Waals surface area contributed by atoms with Gasteiger partial charge in [-0.05, 0) is 62.9 Å². The highest BCUT2D eigenvalue weighted by Gasteiger charge is 2.21. The number of benzene rings is 2. The van der Waals surface area contributed by atoms with Crippen molar-refractivity contribution in [3.8, 4) is 0 Å². The summed E-state index contributed by atoms with van der Waals surface area (Å²) < 4.78 is 1.86. The minimum atomic E-state index is -0.0373. The first-order valence-corrected chi connectivity index (χ1v) is 12.9. The van der Waals surface area contributed by atoms with Gasteiger partial charge in [-0.25, -0.2) is 4.98 Å². The molecule has 4 rings (SSSR count). The van der Waals surface area contributed by atoms with Gasteiger partial charge in [-0.1, -0.05) is 48.7 Å². The molecule has 168 valence electrons. The van der Waals surface area contributed by atoms with Crippen LogP contribution < -0.4 is 10.6 Å². The highest BCUT2D eigenvalue weighted by atomic mass is 32.2. The maximum Gasteiger partial charge on any atom is 0.234 e. The number of hydrogen-bond acceptors (Lipinski definition) is 5. The second kappa shape index (κ2) is 10.0. The van der Waals surface area contributed by atoms with E-state index < -0.39 is 0 Å². The quantitative estimate of drug-likeness (QED) is 0.408. The Morgan fingerprint density at radius 3 is 2.47 bits per heavy atom. The smallest absolute Gasteiger partial charge is 0.234 e. The fraction of sp³-hybridized carbons (Fsp3) is 0.400. The zero-order valence-electron chi connectivity index (χ0n) is 18.8. The number of nitrogens with one attached hydrogen (secondary N) is 2. The van der Waals surface area contributed by atoms with Gasteiger partial charge in [0, 0.05) is 17.3 Å². The van der Waals surface area contributed by atoms with Crippen LogP contribution in [0, 0.1) is 26.7 Å². The number of fused-ring (bicyclic) bond motifs is 1. The summed E-state index contributed by atoms with van der Waals surface area (Å²) in [5.74, 6) is 0.523. The number of carbonyl (C=O) groups excluding carboxylic acids is 2. The van der Waals surface area contributed by atoms with E-state index in [2.05, 4.69) is 34.7 Å². The summed E-state index contributed by atoms with van der Waals surface area (Å²) in [4.78, 5) is 29.7. The van der Waals surface area contributed by atoms with E-state index in [9.17, 15) is 9.59 Å². The van der Waals surface area contributed by atoms with E-state index in [0.717, 1.165) is 62.7 Å². The fourth-order valence-electron chi connectivity index (χ4n) is 4.33. The Hall–Kier alpha value is -2.38. The van der Waals surface area contributed by atoms with Crippen molar-refractivity contribution in [2.45, 2.75) is 57.2 Å². The fourth-order valence-corrected chi connectivity index (χ4v) is 6.24. The second-order valence-corrected chi connectivity index (χ2v) is 10.9. The van der Waals surface area contributed by atoms with Gasteiger partial charge in [0.25, 0.3) is 0 Å². The highest BCUT2D eigenvalue weighted by molar-refractivity contribution is 8.01. The standard InChI is InChI=1S/C25H29N3O2S2/c1-15-11-16(2)23(17(3)12-15)28-22(29)14-31-25-27-20-10-9-19(13-21(20)32-25)26-24(30)18-7-5-4-6-8-18/h9-13,18H,4-8,14H2,1-3H3,(H,26,30)(H,28,29). The Kier molecular flexibility index (Phi) is 7.16. The van der Waals surface area contributed by atoms with E-state index in [0.29, 0.717) is 5.75 Å². The first kappa shape index (κ1) is 22.8. The largest absolute Gasteiger partial charge is 0.326 e. The van der Waals surface area contributed by atoms with Gasteiger partial charge in [-0.2, -0.15) is 0 Å². The molecule has 2 aromatic carbocycles. The SMILES string of the molecule is Cc1cc(C)c(NC(=O)CSc2nc3ccc(NC(=O)C4CCCCC4)cc3s2)c(C)c1. The number of thioether (sulfide) groups is 1. The van der Waals surface area contributed by atoms with Gasteiger partial charge < -0.3 is 10.6 Å². The molecule has 1 aliphatic carbocycles. The number of aryl methyl sites for hydroxylation is 3. The van der Waals surface area contributed by atoms with Gasteiger partial charge in [-0.15, -0.1) is 11.3 Å². The molecule has 2 N–H and O–H groups in total. The predicted octanol–water partition coefficient (Wildman–Crippen LogP) is 6.47. The van der Waals surface area contributed by atoms with Crippen LogP contribution in [-0.2, 0) is 9.59 Å². The summed E-state index contributed by atoms with van der Waals surface area (Å²) in [6.45, 7) is 6.09. The zero-order valence-corrected chi connectivity index (χ0v) is 20.4. The van der Waals surface area contributed by atoms with Crippen molar-refractivity contribution in [2.75, 3.05) is 16.4 Å². The van der Waals surface area contributed by atoms with Crippen LogP contribution in [-0.4, -0.2) is 22.6 Å². The molecule has 0 bridgehead atoms. The molecule has 3 aromatic rings. The van der Waals surface area contributed by atoms with E-state index in [1.807, 2.05) is 32.0 Å². The van der Waals surface area contributed by atoms with E-state index in [4.69, 9.17) is 0 Å². The van der Waals surface area contributed by atoms with Gasteiger partial charge in [0.15, 0.2) is 4.34 Å². The minimum Gasteiger partial charge on any atom is -0.326 e. The first-order chi connectivity index (χ1) is 15.4. The summed E-state index contributed by atoms with van der Waals surface area (Å²) in [5.41, 5.74) is 5.93. The van der Waals surface area contributed by atoms with Crippen LogP contribution in [0.15, 0.2) is 34.7 Å². The molecule has 0 saturated heterocycles. The van der Waals surface area contributed by atoms with E-state index in [-0.39, 0.29) is 17.7 Å². The monoisotopic (exact) mass is 467 g/mol. The van der Waals surface area contributed by atoms with Crippen molar-refractivity contribution in [3.05, 3.63) is 47.0 Å². The number of anilines is 2. The average molecular weight is 468 g/mol. The molecule has 1 fully saturated rings. The maximum absolute atomic E-state index is 12.5. The molecule has 7 heteroatoms. The van der Waals surface area contributed by atoms with Gasteiger partial charge >= 0.3 is 0 Å². The summed E-state index contributed by atoms with van der Waals surface area (Å²) in [5, 5.41) is 6.12. The highest BCUT2D eigenvalue weighted by Crippen LogP contribution is 2.32. The molecular weight excluding hydrogens is 438 g/mol. The summed E-state index contributed by atoms with van der Waals surface area (Å²) in [6, 6.07) is 9.98. The van der Waals surface area contributed by atoms with Crippen LogP contribution in [0.2, 0.25) is 0 Å². The van der Waals surface area contributed by atoms with Crippen molar-refractivity contribution in [2.24, 2.45) is 5.92 Å². The third-order valence-corrected chi connectivity index (χ3v) is 8.04. The van der Waals surface area contributed by atoms with Gasteiger partial charge in [0.1, 0.15) is 0 Å². The zero-order chi connectivity index (χ0) is 22.7. The van der Waals surface area contributed by atoms with Crippen LogP contribution in [0.25, 0.3) is 10.2 Å². The van der Waals surface area contributed by atoms with Gasteiger partial charge in [-0.3, -0.25) is 9.59 Å². The molecule has 0 unspecified atom stereocenters. The molecular formula is C25H29N3O2S2. The number of hydrogen-bond donors (Lipinski definition) is 2. The van der Waals surface area contributed by atoms with Crippen LogP contribution in [0.3, 0.4) is 0 Å². The van der Waals surface area contributed by atoms with Crippen LogP contribution >= 0.6 is 23.1 Å². The molecule has 0 spiro atoms. The Morgan fingerprint density at radius 2 is 1.75 bits per heavy atom. The molecule has 0 radical (unpaired) electrons. The molecule has 1 aliphatic rings. The lowest BCUT2D eigenvalue weighted by Gasteiger charge is -2.20. The molecule has 32 heavy (non-hydrogen) atoms. The van der Waals surface area contributed by atoms with Crippen LogP contribution in [0.1, 0.15) is 48.8 Å². The summed E-state index contributed by atoms with van der Waals surface area (Å²) in [6.07, 6.45) is 5.49. The van der Waals surface area contributed by atoms with Crippen molar-refractivity contribution in [1.82, 2.24) is 4.98 Å². The lowest BCUT2D eigenvalue weighted by Crippen LogP contribution is -2.24. The number of thiazole rings is 1. The van der Waals surface area contributed by atoms with Crippen molar-refractivity contribution in [3.63, 3.8) is 0 Å². The number of nitrogens with zero attached hydrogens (tertiary/aromatic N) is 1. The second-order valence-electron chi connectivity index (χ2n) is 8.60. The molecule has 1 saturated carbocycles. The van der Waals surface area contributed by atoms with Crippen LogP contribution in [0.5, 0.6) is 0 Å². The van der Waals surface area contributed by atoms with Gasteiger partial charge in [0.2, 0.25) is 11.8 Å². The topological polar surface area (TPSA) is 71.1 Å². The van der Waals surface area contributed by atoms with Crippen LogP contribution in [0.4, 0.5) is 11.4 Å². The maximum atomic E-state index is 12.5. The van der Waals surface area contributed by atoms with Crippen molar-refractivity contribution < 1.29 is 9.59 Å². The van der Waals surface area contributed by atoms with Crippen molar-refractivity contribution in [1.29, 1.82) is 0 Å². The number of amides is 2. The lowest BCUT2D eigenvalue weighted by atomic mass is 9.88. The Balaban J connectivity index is 1.36. The third-order valence-electron chi connectivity index (χ3n) is 5.88. The molecule has 1 aromatic heterocycles. The summed E-state index contributed by atoms with van der Waals surface area (Å²) >= 11 is 2.99. The number of rotatable bonds is 6. The third kappa shape index (κ3) is 5.51. The van der Waals surface area contributed by atoms with Crippen molar-refractivity contribution >= 4 is 56.5 Å². The van der Waals surface area contributed by atoms with E-state index in [1.165, 1.54) is 23.7 Å². The summed E-state index contributed by atoms with van der Waals surface area (Å²) in [7, 11) is 0. The number of carbonyl (C=O) groups is 2. The Labute approximate surface area is 197 Å². The molecule has 1 heterocycles. The predicted molar refractivity (Wildman–Crippen MR) is 135 cm³/mol. The molecule has 0 atom stereocenters. The Bertz CT molecular complexity index is 1130. The van der Waals surface area contributed by atoms with E-state index >= 15 is 0 Å². The molecule has 0 aliphatic heterocycles. The average Bonchev–Trinajstić information content (AvgIpc) is 3.17. The normalized spacial score (nSPS) is 14.5. The Morgan fingerprint density at radius 1 is 1.03 bits per heavy atom. The minimum absolute atomic E-state index is 0.0373. The first-order valence-electron chi connectivity index (χ1n) is 11.1.